The molecule has 0 unspecified atom stereocenters. The lowest BCUT2D eigenvalue weighted by molar-refractivity contribution is -0.137. The van der Waals surface area contributed by atoms with Gasteiger partial charge in [-0.2, -0.15) is 18.3 Å². The molecule has 0 aliphatic carbocycles. The Balaban J connectivity index is 1.94. The van der Waals surface area contributed by atoms with Gasteiger partial charge in [-0.15, -0.1) is 0 Å². The van der Waals surface area contributed by atoms with Crippen LogP contribution in [0.1, 0.15) is 11.3 Å². The molecule has 0 aliphatic rings. The Morgan fingerprint density at radius 1 is 0.958 bits per heavy atom. The minimum absolute atomic E-state index is 0.584. The van der Waals surface area contributed by atoms with Gasteiger partial charge < -0.3 is 4.74 Å². The molecule has 0 fully saturated rings. The largest absolute Gasteiger partial charge is 0.497 e. The van der Waals surface area contributed by atoms with Crippen molar-refractivity contribution in [3.63, 3.8) is 0 Å². The molecule has 1 aromatic heterocycles. The maximum absolute atomic E-state index is 12.7. The summed E-state index contributed by atoms with van der Waals surface area (Å²) >= 11 is 0. The van der Waals surface area contributed by atoms with Crippen molar-refractivity contribution in [2.24, 2.45) is 0 Å². The average Bonchev–Trinajstić information content (AvgIpc) is 2.96. The first kappa shape index (κ1) is 16.1. The first-order valence-electron chi connectivity index (χ1n) is 7.27. The van der Waals surface area contributed by atoms with Crippen molar-refractivity contribution in [2.45, 2.75) is 13.1 Å². The fourth-order valence-electron chi connectivity index (χ4n) is 2.52. The minimum Gasteiger partial charge on any atom is -0.497 e. The summed E-state index contributed by atoms with van der Waals surface area (Å²) in [5, 5.41) is 4.30. The van der Waals surface area contributed by atoms with E-state index in [1.54, 1.807) is 18.0 Å². The van der Waals surface area contributed by atoms with E-state index in [2.05, 4.69) is 5.10 Å². The summed E-state index contributed by atoms with van der Waals surface area (Å²) in [4.78, 5) is 0. The van der Waals surface area contributed by atoms with Gasteiger partial charge in [0.2, 0.25) is 0 Å². The quantitative estimate of drug-likeness (QED) is 0.684. The molecule has 0 saturated carbocycles. The molecule has 1 heterocycles. The molecular formula is C18H15F3N2O. The predicted molar refractivity (Wildman–Crippen MR) is 85.3 cm³/mol. The Kier molecular flexibility index (Phi) is 4.05. The van der Waals surface area contributed by atoms with E-state index in [9.17, 15) is 13.2 Å². The van der Waals surface area contributed by atoms with E-state index < -0.39 is 11.7 Å². The van der Waals surface area contributed by atoms with E-state index in [1.807, 2.05) is 31.2 Å². The molecule has 0 spiro atoms. The van der Waals surface area contributed by atoms with Gasteiger partial charge in [0.05, 0.1) is 24.6 Å². The summed E-state index contributed by atoms with van der Waals surface area (Å²) in [6, 6.07) is 12.5. The van der Waals surface area contributed by atoms with Crippen LogP contribution in [0.3, 0.4) is 0 Å². The molecule has 6 heteroatoms. The fourth-order valence-corrected chi connectivity index (χ4v) is 2.52. The van der Waals surface area contributed by atoms with Crippen LogP contribution >= 0.6 is 0 Å². The maximum atomic E-state index is 12.7. The number of methoxy groups -OCH3 is 1. The first-order chi connectivity index (χ1) is 11.4. The standard InChI is InChI=1S/C18H15F3N2O/c1-12-17(13-3-9-16(24-2)10-4-13)11-22-23(12)15-7-5-14(6-8-15)18(19,20)21/h3-11H,1-2H3. The van der Waals surface area contributed by atoms with Gasteiger partial charge >= 0.3 is 6.18 Å². The number of halogens is 3. The third kappa shape index (κ3) is 2.99. The van der Waals surface area contributed by atoms with Crippen LogP contribution in [0.25, 0.3) is 16.8 Å². The number of hydrogen-bond donors (Lipinski definition) is 0. The maximum Gasteiger partial charge on any atom is 0.416 e. The Morgan fingerprint density at radius 2 is 1.58 bits per heavy atom. The zero-order chi connectivity index (χ0) is 17.3. The molecule has 0 amide bonds. The van der Waals surface area contributed by atoms with Crippen molar-refractivity contribution in [2.75, 3.05) is 7.11 Å². The van der Waals surface area contributed by atoms with Crippen LogP contribution in [0, 0.1) is 6.92 Å². The zero-order valence-electron chi connectivity index (χ0n) is 13.1. The second-order valence-corrected chi connectivity index (χ2v) is 5.33. The zero-order valence-corrected chi connectivity index (χ0v) is 13.1. The molecule has 24 heavy (non-hydrogen) atoms. The molecule has 0 saturated heterocycles. The van der Waals surface area contributed by atoms with Gasteiger partial charge in [-0.25, -0.2) is 4.68 Å². The van der Waals surface area contributed by atoms with Crippen LogP contribution in [0.2, 0.25) is 0 Å². The molecule has 3 aromatic rings. The summed E-state index contributed by atoms with van der Waals surface area (Å²) < 4.78 is 44.7. The molecule has 124 valence electrons. The lowest BCUT2D eigenvalue weighted by Gasteiger charge is -2.09. The molecule has 0 atom stereocenters. The van der Waals surface area contributed by atoms with Gasteiger partial charge in [-0.05, 0) is 48.9 Å². The number of benzene rings is 2. The third-order valence-corrected chi connectivity index (χ3v) is 3.85. The lowest BCUT2D eigenvalue weighted by atomic mass is 10.1. The lowest BCUT2D eigenvalue weighted by Crippen LogP contribution is -2.05. The van der Waals surface area contributed by atoms with E-state index in [4.69, 9.17) is 4.74 Å². The highest BCUT2D eigenvalue weighted by atomic mass is 19.4. The number of nitrogens with zero attached hydrogens (tertiary/aromatic N) is 2. The Bertz CT molecular complexity index is 834. The Hall–Kier alpha value is -2.76. The van der Waals surface area contributed by atoms with Gasteiger partial charge in [0.1, 0.15) is 5.75 Å². The molecule has 0 aliphatic heterocycles. The Morgan fingerprint density at radius 3 is 2.12 bits per heavy atom. The summed E-state index contributed by atoms with van der Waals surface area (Å²) in [7, 11) is 1.60. The summed E-state index contributed by atoms with van der Waals surface area (Å²) in [6.45, 7) is 1.88. The highest BCUT2D eigenvalue weighted by Crippen LogP contribution is 2.31. The van der Waals surface area contributed by atoms with Crippen molar-refractivity contribution in [1.29, 1.82) is 0 Å². The van der Waals surface area contributed by atoms with E-state index in [-0.39, 0.29) is 0 Å². The van der Waals surface area contributed by atoms with Crippen LogP contribution in [0.4, 0.5) is 13.2 Å². The number of aromatic nitrogens is 2. The molecule has 3 rings (SSSR count). The monoisotopic (exact) mass is 332 g/mol. The van der Waals surface area contributed by atoms with E-state index in [0.717, 1.165) is 34.7 Å². The number of alkyl halides is 3. The van der Waals surface area contributed by atoms with Gasteiger partial charge in [-0.1, -0.05) is 12.1 Å². The van der Waals surface area contributed by atoms with Gasteiger partial charge in [0.25, 0.3) is 0 Å². The van der Waals surface area contributed by atoms with Crippen LogP contribution in [0.15, 0.2) is 54.7 Å². The average molecular weight is 332 g/mol. The second-order valence-electron chi connectivity index (χ2n) is 5.33. The Labute approximate surface area is 137 Å². The van der Waals surface area contributed by atoms with Gasteiger partial charge in [-0.3, -0.25) is 0 Å². The summed E-state index contributed by atoms with van der Waals surface area (Å²) in [5.41, 5.74) is 2.63. The van der Waals surface area contributed by atoms with Crippen molar-refractivity contribution in [1.82, 2.24) is 9.78 Å². The van der Waals surface area contributed by atoms with Crippen LogP contribution < -0.4 is 4.74 Å². The van der Waals surface area contributed by atoms with Crippen molar-refractivity contribution < 1.29 is 17.9 Å². The number of ether oxygens (including phenoxy) is 1. The topological polar surface area (TPSA) is 27.1 Å². The van der Waals surface area contributed by atoms with Crippen LogP contribution in [-0.2, 0) is 6.18 Å². The molecule has 2 aromatic carbocycles. The smallest absolute Gasteiger partial charge is 0.416 e. The third-order valence-electron chi connectivity index (χ3n) is 3.85. The summed E-state index contributed by atoms with van der Waals surface area (Å²) in [6.07, 6.45) is -2.64. The van der Waals surface area contributed by atoms with E-state index >= 15 is 0 Å². The predicted octanol–water partition coefficient (Wildman–Crippen LogP) is 4.88. The number of hydrogen-bond acceptors (Lipinski definition) is 2. The van der Waals surface area contributed by atoms with Crippen LogP contribution in [0.5, 0.6) is 5.75 Å². The summed E-state index contributed by atoms with van der Waals surface area (Å²) in [5.74, 6) is 0.756. The van der Waals surface area contributed by atoms with E-state index in [1.165, 1.54) is 12.1 Å². The number of rotatable bonds is 3. The second kappa shape index (κ2) is 6.03. The van der Waals surface area contributed by atoms with Gasteiger partial charge in [0.15, 0.2) is 0 Å². The highest BCUT2D eigenvalue weighted by molar-refractivity contribution is 5.66. The first-order valence-corrected chi connectivity index (χ1v) is 7.27. The SMILES string of the molecule is COc1ccc(-c2cnn(-c3ccc(C(F)(F)F)cc3)c2C)cc1. The van der Waals surface area contributed by atoms with Gasteiger partial charge in [0, 0.05) is 11.3 Å². The molecule has 3 nitrogen and oxygen atoms in total. The molecule has 0 radical (unpaired) electrons. The molecule has 0 N–H and O–H groups in total. The minimum atomic E-state index is -4.34. The fraction of sp³-hybridized carbons (Fsp3) is 0.167. The van der Waals surface area contributed by atoms with Crippen LogP contribution in [-0.4, -0.2) is 16.9 Å². The van der Waals surface area contributed by atoms with Crippen molar-refractivity contribution in [3.05, 3.63) is 66.0 Å². The highest BCUT2D eigenvalue weighted by Gasteiger charge is 2.30. The van der Waals surface area contributed by atoms with Crippen molar-refractivity contribution in [3.8, 4) is 22.6 Å². The van der Waals surface area contributed by atoms with Crippen molar-refractivity contribution >= 4 is 0 Å². The normalized spacial score (nSPS) is 11.5. The molecular weight excluding hydrogens is 317 g/mol. The molecule has 0 bridgehead atoms. The van der Waals surface area contributed by atoms with E-state index in [0.29, 0.717) is 5.69 Å².